The average Bonchev–Trinajstić information content (AvgIpc) is 2.87. The third-order valence-electron chi connectivity index (χ3n) is 2.97. The second-order valence-corrected chi connectivity index (χ2v) is 6.51. The standard InChI is InChI=1S/C14H10ClNO2S/c15-10-4-6-11(7-5-10)19(17,18)14-3-1-2-13-12(14)8-9-16-13/h1-9,16H. The Morgan fingerprint density at radius 1 is 0.947 bits per heavy atom. The van der Waals surface area contributed by atoms with Crippen molar-refractivity contribution in [3.63, 3.8) is 0 Å². The molecule has 0 atom stereocenters. The number of nitrogens with one attached hydrogen (secondary N) is 1. The van der Waals surface area contributed by atoms with Gasteiger partial charge >= 0.3 is 0 Å². The summed E-state index contributed by atoms with van der Waals surface area (Å²) in [6.07, 6.45) is 1.73. The monoisotopic (exact) mass is 291 g/mol. The first-order chi connectivity index (χ1) is 9.09. The molecule has 0 saturated carbocycles. The highest BCUT2D eigenvalue weighted by Gasteiger charge is 2.20. The second-order valence-electron chi connectivity index (χ2n) is 4.15. The van der Waals surface area contributed by atoms with Gasteiger partial charge in [0.25, 0.3) is 0 Å². The Labute approximate surface area is 115 Å². The van der Waals surface area contributed by atoms with Gasteiger partial charge in [-0.15, -0.1) is 0 Å². The molecule has 3 rings (SSSR count). The minimum Gasteiger partial charge on any atom is -0.361 e. The summed E-state index contributed by atoms with van der Waals surface area (Å²) in [5.41, 5.74) is 0.801. The third-order valence-corrected chi connectivity index (χ3v) is 5.05. The van der Waals surface area contributed by atoms with E-state index < -0.39 is 9.84 Å². The number of benzene rings is 2. The Hall–Kier alpha value is -1.78. The first-order valence-corrected chi connectivity index (χ1v) is 7.52. The molecule has 0 aliphatic heterocycles. The minimum absolute atomic E-state index is 0.241. The molecule has 0 fully saturated rings. The smallest absolute Gasteiger partial charge is 0.207 e. The van der Waals surface area contributed by atoms with Gasteiger partial charge < -0.3 is 4.98 Å². The molecule has 0 amide bonds. The van der Waals surface area contributed by atoms with Gasteiger partial charge in [0.2, 0.25) is 9.84 Å². The van der Waals surface area contributed by atoms with E-state index in [0.29, 0.717) is 15.3 Å². The molecule has 0 aliphatic carbocycles. The van der Waals surface area contributed by atoms with E-state index in [4.69, 9.17) is 11.6 Å². The number of fused-ring (bicyclic) bond motifs is 1. The highest BCUT2D eigenvalue weighted by atomic mass is 35.5. The van der Waals surface area contributed by atoms with Crippen LogP contribution in [-0.2, 0) is 9.84 Å². The molecule has 3 aromatic rings. The van der Waals surface area contributed by atoms with Crippen molar-refractivity contribution in [2.75, 3.05) is 0 Å². The molecule has 96 valence electrons. The lowest BCUT2D eigenvalue weighted by Crippen LogP contribution is -2.02. The van der Waals surface area contributed by atoms with Crippen LogP contribution >= 0.6 is 11.6 Å². The largest absolute Gasteiger partial charge is 0.361 e. The van der Waals surface area contributed by atoms with Crippen molar-refractivity contribution in [3.05, 3.63) is 59.8 Å². The molecule has 0 radical (unpaired) electrons. The maximum absolute atomic E-state index is 12.6. The van der Waals surface area contributed by atoms with Crippen LogP contribution in [0.25, 0.3) is 10.9 Å². The van der Waals surface area contributed by atoms with Crippen molar-refractivity contribution in [3.8, 4) is 0 Å². The Bertz CT molecular complexity index is 835. The van der Waals surface area contributed by atoms with Crippen molar-refractivity contribution in [2.24, 2.45) is 0 Å². The van der Waals surface area contributed by atoms with E-state index in [1.807, 2.05) is 6.07 Å². The van der Waals surface area contributed by atoms with Gasteiger partial charge in [-0.1, -0.05) is 17.7 Å². The highest BCUT2D eigenvalue weighted by molar-refractivity contribution is 7.91. The summed E-state index contributed by atoms with van der Waals surface area (Å²) in [7, 11) is -3.53. The summed E-state index contributed by atoms with van der Waals surface area (Å²) in [6.45, 7) is 0. The average molecular weight is 292 g/mol. The minimum atomic E-state index is -3.53. The maximum atomic E-state index is 12.6. The van der Waals surface area contributed by atoms with Crippen molar-refractivity contribution in [1.29, 1.82) is 0 Å². The zero-order valence-corrected chi connectivity index (χ0v) is 11.4. The van der Waals surface area contributed by atoms with Crippen LogP contribution in [-0.4, -0.2) is 13.4 Å². The molecule has 19 heavy (non-hydrogen) atoms. The summed E-state index contributed by atoms with van der Waals surface area (Å²) in [5, 5.41) is 1.20. The summed E-state index contributed by atoms with van der Waals surface area (Å²) < 4.78 is 25.2. The van der Waals surface area contributed by atoms with Crippen LogP contribution < -0.4 is 0 Å². The molecular formula is C14H10ClNO2S. The number of aromatic amines is 1. The van der Waals surface area contributed by atoms with Crippen molar-refractivity contribution in [1.82, 2.24) is 4.98 Å². The molecule has 0 saturated heterocycles. The fourth-order valence-corrected chi connectivity index (χ4v) is 3.63. The lowest BCUT2D eigenvalue weighted by atomic mass is 10.2. The van der Waals surface area contributed by atoms with Gasteiger partial charge in [-0.25, -0.2) is 8.42 Å². The summed E-state index contributed by atoms with van der Waals surface area (Å²) in [5.74, 6) is 0. The number of hydrogen-bond donors (Lipinski definition) is 1. The van der Waals surface area contributed by atoms with Crippen LogP contribution in [0.1, 0.15) is 0 Å². The van der Waals surface area contributed by atoms with E-state index in [1.54, 1.807) is 36.5 Å². The lowest BCUT2D eigenvalue weighted by molar-refractivity contribution is 0.597. The molecule has 5 heteroatoms. The number of hydrogen-bond acceptors (Lipinski definition) is 2. The zero-order valence-electron chi connectivity index (χ0n) is 9.80. The van der Waals surface area contributed by atoms with Crippen LogP contribution in [0.3, 0.4) is 0 Å². The van der Waals surface area contributed by atoms with E-state index >= 15 is 0 Å². The van der Waals surface area contributed by atoms with Crippen LogP contribution in [0, 0.1) is 0 Å². The van der Waals surface area contributed by atoms with Crippen molar-refractivity contribution >= 4 is 32.3 Å². The fraction of sp³-hybridized carbons (Fsp3) is 0. The van der Waals surface area contributed by atoms with Crippen LogP contribution in [0.2, 0.25) is 5.02 Å². The van der Waals surface area contributed by atoms with Crippen LogP contribution in [0.4, 0.5) is 0 Å². The number of halogens is 1. The summed E-state index contributed by atoms with van der Waals surface area (Å²) in [6, 6.07) is 13.1. The van der Waals surface area contributed by atoms with E-state index in [-0.39, 0.29) is 4.90 Å². The molecule has 3 nitrogen and oxygen atoms in total. The van der Waals surface area contributed by atoms with Crippen molar-refractivity contribution < 1.29 is 8.42 Å². The zero-order chi connectivity index (χ0) is 13.5. The number of aromatic nitrogens is 1. The van der Waals surface area contributed by atoms with Gasteiger partial charge in [-0.05, 0) is 42.5 Å². The molecule has 0 bridgehead atoms. The quantitative estimate of drug-likeness (QED) is 0.783. The molecule has 1 heterocycles. The highest BCUT2D eigenvalue weighted by Crippen LogP contribution is 2.28. The van der Waals surface area contributed by atoms with E-state index in [2.05, 4.69) is 4.98 Å². The number of rotatable bonds is 2. The Morgan fingerprint density at radius 2 is 1.68 bits per heavy atom. The number of sulfone groups is 1. The van der Waals surface area contributed by atoms with E-state index in [0.717, 1.165) is 5.52 Å². The molecule has 0 spiro atoms. The van der Waals surface area contributed by atoms with Crippen molar-refractivity contribution in [2.45, 2.75) is 9.79 Å². The van der Waals surface area contributed by atoms with Gasteiger partial charge in [0.1, 0.15) is 0 Å². The first-order valence-electron chi connectivity index (χ1n) is 5.66. The third kappa shape index (κ3) is 2.03. The van der Waals surface area contributed by atoms with Crippen LogP contribution in [0.5, 0.6) is 0 Å². The topological polar surface area (TPSA) is 49.9 Å². The molecule has 1 aromatic heterocycles. The van der Waals surface area contributed by atoms with Gasteiger partial charge in [0.15, 0.2) is 0 Å². The Balaban J connectivity index is 2.25. The summed E-state index contributed by atoms with van der Waals surface area (Å²) >= 11 is 5.79. The predicted molar refractivity (Wildman–Crippen MR) is 75.2 cm³/mol. The predicted octanol–water partition coefficient (Wildman–Crippen LogP) is 3.65. The van der Waals surface area contributed by atoms with Crippen LogP contribution in [0.15, 0.2) is 64.5 Å². The van der Waals surface area contributed by atoms with Gasteiger partial charge in [0.05, 0.1) is 9.79 Å². The summed E-state index contributed by atoms with van der Waals surface area (Å²) in [4.78, 5) is 3.55. The van der Waals surface area contributed by atoms with E-state index in [1.165, 1.54) is 12.1 Å². The lowest BCUT2D eigenvalue weighted by Gasteiger charge is -2.06. The molecule has 0 aliphatic rings. The molecular weight excluding hydrogens is 282 g/mol. The Kier molecular flexibility index (Phi) is 2.84. The van der Waals surface area contributed by atoms with E-state index in [9.17, 15) is 8.42 Å². The van der Waals surface area contributed by atoms with Gasteiger partial charge in [-0.3, -0.25) is 0 Å². The SMILES string of the molecule is O=S(=O)(c1ccc(Cl)cc1)c1cccc2[nH]ccc12. The van der Waals surface area contributed by atoms with Gasteiger partial charge in [-0.2, -0.15) is 0 Å². The Morgan fingerprint density at radius 3 is 2.42 bits per heavy atom. The molecule has 2 aromatic carbocycles. The number of H-pyrrole nitrogens is 1. The normalized spacial score (nSPS) is 11.8. The first kappa shape index (κ1) is 12.3. The van der Waals surface area contributed by atoms with Gasteiger partial charge in [0, 0.05) is 22.1 Å². The molecule has 1 N–H and O–H groups in total. The second kappa shape index (κ2) is 4.40. The maximum Gasteiger partial charge on any atom is 0.207 e. The fourth-order valence-electron chi connectivity index (χ4n) is 2.03. The molecule has 0 unspecified atom stereocenters.